The quantitative estimate of drug-likeness (QED) is 0.846. The smallest absolute Gasteiger partial charge is 0.225 e. The molecular formula is C14H24N2OS. The van der Waals surface area contributed by atoms with E-state index in [-0.39, 0.29) is 0 Å². The molecule has 3 nitrogen and oxygen atoms in total. The van der Waals surface area contributed by atoms with Crippen LogP contribution in [0.3, 0.4) is 0 Å². The third-order valence-corrected chi connectivity index (χ3v) is 5.90. The molecule has 1 N–H and O–H groups in total. The summed E-state index contributed by atoms with van der Waals surface area (Å²) < 4.78 is 0. The average Bonchev–Trinajstić information content (AvgIpc) is 3.16. The maximum Gasteiger partial charge on any atom is 0.225 e. The molecule has 3 rings (SSSR count). The van der Waals surface area contributed by atoms with Crippen LogP contribution in [0.25, 0.3) is 0 Å². The lowest BCUT2D eigenvalue weighted by molar-refractivity contribution is -0.133. The van der Waals surface area contributed by atoms with E-state index in [1.54, 1.807) is 0 Å². The van der Waals surface area contributed by atoms with Gasteiger partial charge in [-0.25, -0.2) is 0 Å². The van der Waals surface area contributed by atoms with Crippen molar-refractivity contribution in [2.24, 2.45) is 11.8 Å². The lowest BCUT2D eigenvalue weighted by Gasteiger charge is -2.34. The van der Waals surface area contributed by atoms with Crippen LogP contribution in [0.2, 0.25) is 0 Å². The molecule has 0 aromatic rings. The van der Waals surface area contributed by atoms with Crippen LogP contribution in [0, 0.1) is 11.8 Å². The molecule has 4 heteroatoms. The van der Waals surface area contributed by atoms with Crippen molar-refractivity contribution in [1.29, 1.82) is 0 Å². The van der Waals surface area contributed by atoms with E-state index in [1.807, 2.05) is 0 Å². The van der Waals surface area contributed by atoms with Crippen molar-refractivity contribution in [1.82, 2.24) is 10.2 Å². The molecule has 3 fully saturated rings. The minimum Gasteiger partial charge on any atom is -0.342 e. The number of hydrogen-bond donors (Lipinski definition) is 1. The van der Waals surface area contributed by atoms with Crippen LogP contribution in [-0.2, 0) is 4.79 Å². The summed E-state index contributed by atoms with van der Waals surface area (Å²) in [7, 11) is 0. The second-order valence-corrected chi connectivity index (χ2v) is 7.24. The van der Waals surface area contributed by atoms with Crippen LogP contribution >= 0.6 is 11.8 Å². The molecule has 2 aliphatic heterocycles. The summed E-state index contributed by atoms with van der Waals surface area (Å²) in [6.07, 6.45) is 4.56. The molecule has 102 valence electrons. The highest BCUT2D eigenvalue weighted by Gasteiger charge is 2.35. The van der Waals surface area contributed by atoms with Gasteiger partial charge in [0.05, 0.1) is 0 Å². The van der Waals surface area contributed by atoms with Crippen LogP contribution in [0.4, 0.5) is 0 Å². The first-order valence-electron chi connectivity index (χ1n) is 7.36. The summed E-state index contributed by atoms with van der Waals surface area (Å²) in [5.41, 5.74) is 0. The number of carbonyl (C=O) groups excluding carboxylic acids is 1. The van der Waals surface area contributed by atoms with Gasteiger partial charge in [0, 0.05) is 36.8 Å². The van der Waals surface area contributed by atoms with Crippen molar-refractivity contribution < 1.29 is 4.79 Å². The maximum atomic E-state index is 12.0. The molecule has 0 radical (unpaired) electrons. The molecule has 1 aliphatic carbocycles. The van der Waals surface area contributed by atoms with Crippen molar-refractivity contribution >= 4 is 17.7 Å². The van der Waals surface area contributed by atoms with Gasteiger partial charge in [0.1, 0.15) is 0 Å². The lowest BCUT2D eigenvalue weighted by atomic mass is 10.00. The highest BCUT2D eigenvalue weighted by Crippen LogP contribution is 2.32. The first-order chi connectivity index (χ1) is 8.74. The minimum absolute atomic E-state index is 0.390. The molecule has 0 aromatic carbocycles. The highest BCUT2D eigenvalue weighted by molar-refractivity contribution is 7.99. The molecule has 1 saturated carbocycles. The predicted molar refractivity (Wildman–Crippen MR) is 75.7 cm³/mol. The topological polar surface area (TPSA) is 32.3 Å². The van der Waals surface area contributed by atoms with E-state index in [0.29, 0.717) is 23.9 Å². The SMILES string of the molecule is CC1CSCC1NC1CCN(C(=O)C2CC2)CC1. The van der Waals surface area contributed by atoms with Crippen molar-refractivity contribution in [2.75, 3.05) is 24.6 Å². The Morgan fingerprint density at radius 3 is 2.44 bits per heavy atom. The van der Waals surface area contributed by atoms with E-state index >= 15 is 0 Å². The van der Waals surface area contributed by atoms with Crippen molar-refractivity contribution in [3.8, 4) is 0 Å². The molecule has 2 heterocycles. The molecule has 3 aliphatic rings. The maximum absolute atomic E-state index is 12.0. The summed E-state index contributed by atoms with van der Waals surface area (Å²) in [6.45, 7) is 4.30. The summed E-state index contributed by atoms with van der Waals surface area (Å²) >= 11 is 2.07. The first kappa shape index (κ1) is 12.8. The third kappa shape index (κ3) is 2.85. The molecular weight excluding hydrogens is 244 g/mol. The van der Waals surface area contributed by atoms with Gasteiger partial charge < -0.3 is 10.2 Å². The van der Waals surface area contributed by atoms with E-state index in [1.165, 1.54) is 11.5 Å². The third-order valence-electron chi connectivity index (χ3n) is 4.55. The number of hydrogen-bond acceptors (Lipinski definition) is 3. The largest absolute Gasteiger partial charge is 0.342 e. The average molecular weight is 268 g/mol. The lowest BCUT2D eigenvalue weighted by Crippen LogP contribution is -2.49. The standard InChI is InChI=1S/C14H24N2OS/c1-10-8-18-9-13(10)15-12-4-6-16(7-5-12)14(17)11-2-3-11/h10-13,15H,2-9H2,1H3. The molecule has 2 saturated heterocycles. The summed E-state index contributed by atoms with van der Waals surface area (Å²) in [5, 5.41) is 3.81. The Bertz CT molecular complexity index is 311. The van der Waals surface area contributed by atoms with E-state index < -0.39 is 0 Å². The number of nitrogens with one attached hydrogen (secondary N) is 1. The Hall–Kier alpha value is -0.220. The zero-order chi connectivity index (χ0) is 12.5. The number of piperidine rings is 1. The predicted octanol–water partition coefficient (Wildman–Crippen LogP) is 1.73. The van der Waals surface area contributed by atoms with Crippen LogP contribution in [0.5, 0.6) is 0 Å². The van der Waals surface area contributed by atoms with Gasteiger partial charge in [-0.2, -0.15) is 11.8 Å². The Morgan fingerprint density at radius 1 is 1.17 bits per heavy atom. The Morgan fingerprint density at radius 2 is 1.89 bits per heavy atom. The zero-order valence-corrected chi connectivity index (χ0v) is 12.0. The van der Waals surface area contributed by atoms with Crippen molar-refractivity contribution in [3.63, 3.8) is 0 Å². The number of carbonyl (C=O) groups is 1. The Kier molecular flexibility index (Phi) is 3.85. The van der Waals surface area contributed by atoms with Crippen molar-refractivity contribution in [2.45, 2.75) is 44.7 Å². The van der Waals surface area contributed by atoms with Crippen molar-refractivity contribution in [3.05, 3.63) is 0 Å². The minimum atomic E-state index is 0.390. The number of rotatable bonds is 3. The molecule has 0 bridgehead atoms. The second-order valence-electron chi connectivity index (χ2n) is 6.16. The molecule has 0 aromatic heterocycles. The number of likely N-dealkylation sites (tertiary alicyclic amines) is 1. The van der Waals surface area contributed by atoms with Gasteiger partial charge in [-0.3, -0.25) is 4.79 Å². The van der Waals surface area contributed by atoms with Crippen LogP contribution in [0.1, 0.15) is 32.6 Å². The van der Waals surface area contributed by atoms with Gasteiger partial charge >= 0.3 is 0 Å². The van der Waals surface area contributed by atoms with Crippen LogP contribution in [-0.4, -0.2) is 47.5 Å². The Labute approximate surface area is 114 Å². The second kappa shape index (κ2) is 5.41. The fourth-order valence-electron chi connectivity index (χ4n) is 3.03. The summed E-state index contributed by atoms with van der Waals surface area (Å²) in [5.74, 6) is 4.19. The summed E-state index contributed by atoms with van der Waals surface area (Å²) in [6, 6.07) is 1.34. The number of nitrogens with zero attached hydrogens (tertiary/aromatic N) is 1. The highest BCUT2D eigenvalue weighted by atomic mass is 32.2. The van der Waals surface area contributed by atoms with Gasteiger partial charge in [0.15, 0.2) is 0 Å². The molecule has 18 heavy (non-hydrogen) atoms. The van der Waals surface area contributed by atoms with Gasteiger partial charge in [0.2, 0.25) is 5.91 Å². The first-order valence-corrected chi connectivity index (χ1v) is 8.52. The zero-order valence-electron chi connectivity index (χ0n) is 11.2. The van der Waals surface area contributed by atoms with Gasteiger partial charge in [-0.05, 0) is 37.4 Å². The number of amides is 1. The van der Waals surface area contributed by atoms with E-state index in [2.05, 4.69) is 28.9 Å². The Balaban J connectivity index is 1.43. The fourth-order valence-corrected chi connectivity index (χ4v) is 4.45. The van der Waals surface area contributed by atoms with Crippen LogP contribution in [0.15, 0.2) is 0 Å². The normalized spacial score (nSPS) is 33.9. The van der Waals surface area contributed by atoms with Crippen LogP contribution < -0.4 is 5.32 Å². The molecule has 2 unspecified atom stereocenters. The van der Waals surface area contributed by atoms with Gasteiger partial charge in [-0.1, -0.05) is 6.92 Å². The molecule has 0 spiro atoms. The molecule has 1 amide bonds. The van der Waals surface area contributed by atoms with Gasteiger partial charge in [-0.15, -0.1) is 0 Å². The summed E-state index contributed by atoms with van der Waals surface area (Å²) in [4.78, 5) is 14.1. The molecule has 2 atom stereocenters. The van der Waals surface area contributed by atoms with Gasteiger partial charge in [0.25, 0.3) is 0 Å². The van der Waals surface area contributed by atoms with E-state index in [0.717, 1.165) is 44.7 Å². The van der Waals surface area contributed by atoms with E-state index in [4.69, 9.17) is 0 Å². The monoisotopic (exact) mass is 268 g/mol. The van der Waals surface area contributed by atoms with E-state index in [9.17, 15) is 4.79 Å². The number of thioether (sulfide) groups is 1. The fraction of sp³-hybridized carbons (Fsp3) is 0.929.